The molecule has 2 rings (SSSR count). The quantitative estimate of drug-likeness (QED) is 0.812. The first kappa shape index (κ1) is 14.6. The molecule has 110 valence electrons. The van der Waals surface area contributed by atoms with Gasteiger partial charge >= 0.3 is 5.97 Å². The maximum atomic E-state index is 12.3. The number of hydrogen-bond acceptors (Lipinski definition) is 3. The van der Waals surface area contributed by atoms with Crippen molar-refractivity contribution in [3.05, 3.63) is 24.0 Å². The molecule has 0 spiro atoms. The minimum absolute atomic E-state index is 0.245. The van der Waals surface area contributed by atoms with Crippen molar-refractivity contribution in [3.8, 4) is 0 Å². The van der Waals surface area contributed by atoms with Crippen molar-refractivity contribution in [2.24, 2.45) is 0 Å². The van der Waals surface area contributed by atoms with Gasteiger partial charge in [-0.05, 0) is 31.4 Å². The van der Waals surface area contributed by atoms with Crippen molar-refractivity contribution in [2.45, 2.75) is 51.0 Å². The highest BCUT2D eigenvalue weighted by atomic mass is 16.5. The lowest BCUT2D eigenvalue weighted by molar-refractivity contribution is -0.152. The van der Waals surface area contributed by atoms with Crippen molar-refractivity contribution in [3.63, 3.8) is 0 Å². The van der Waals surface area contributed by atoms with Gasteiger partial charge in [0.25, 0.3) is 5.91 Å². The zero-order valence-corrected chi connectivity index (χ0v) is 11.9. The minimum Gasteiger partial charge on any atom is -0.464 e. The van der Waals surface area contributed by atoms with Crippen LogP contribution in [0, 0.1) is 0 Å². The molecule has 0 radical (unpaired) electrons. The number of amides is 1. The summed E-state index contributed by atoms with van der Waals surface area (Å²) in [6.45, 7) is 2.36. The van der Waals surface area contributed by atoms with Gasteiger partial charge in [0.05, 0.1) is 6.61 Å². The first-order valence-electron chi connectivity index (χ1n) is 7.31. The molecule has 0 aliphatic heterocycles. The number of hydrogen-bond donors (Lipinski definition) is 2. The molecular weight excluding hydrogens is 256 g/mol. The number of carbonyl (C=O) groups excluding carboxylic acids is 2. The van der Waals surface area contributed by atoms with E-state index >= 15 is 0 Å². The summed E-state index contributed by atoms with van der Waals surface area (Å²) in [5.41, 5.74) is -0.381. The van der Waals surface area contributed by atoms with Crippen LogP contribution in [0.4, 0.5) is 0 Å². The number of esters is 1. The lowest BCUT2D eigenvalue weighted by Crippen LogP contribution is -2.56. The molecule has 0 atom stereocenters. The average molecular weight is 278 g/mol. The third-order valence-corrected chi connectivity index (χ3v) is 3.73. The molecule has 1 fully saturated rings. The van der Waals surface area contributed by atoms with Crippen LogP contribution >= 0.6 is 0 Å². The van der Waals surface area contributed by atoms with Crippen molar-refractivity contribution in [1.82, 2.24) is 10.3 Å². The number of ether oxygens (including phenoxy) is 1. The molecule has 5 heteroatoms. The second-order valence-corrected chi connectivity index (χ2v) is 5.32. The molecule has 1 aromatic rings. The van der Waals surface area contributed by atoms with Crippen LogP contribution in [0.3, 0.4) is 0 Å². The van der Waals surface area contributed by atoms with E-state index in [0.29, 0.717) is 25.1 Å². The summed E-state index contributed by atoms with van der Waals surface area (Å²) < 4.78 is 5.29. The van der Waals surface area contributed by atoms with E-state index in [1.807, 2.05) is 6.92 Å². The van der Waals surface area contributed by atoms with Crippen LogP contribution in [0.25, 0.3) is 0 Å². The maximum absolute atomic E-state index is 12.3. The van der Waals surface area contributed by atoms with Gasteiger partial charge in [-0.2, -0.15) is 0 Å². The Labute approximate surface area is 119 Å². The number of aromatic nitrogens is 1. The largest absolute Gasteiger partial charge is 0.464 e. The Balaban J connectivity index is 2.10. The Morgan fingerprint density at radius 1 is 1.35 bits per heavy atom. The van der Waals surface area contributed by atoms with Crippen LogP contribution in [0.1, 0.15) is 55.9 Å². The van der Waals surface area contributed by atoms with E-state index in [0.717, 1.165) is 25.7 Å². The van der Waals surface area contributed by atoms with Gasteiger partial charge in [0, 0.05) is 6.20 Å². The third-order valence-electron chi connectivity index (χ3n) is 3.73. The summed E-state index contributed by atoms with van der Waals surface area (Å²) in [5, 5.41) is 2.90. The van der Waals surface area contributed by atoms with Crippen LogP contribution in [-0.2, 0) is 9.53 Å². The Hall–Kier alpha value is -1.78. The SMILES string of the molecule is CCCOC(=O)C1(NC(=O)c2ccc[nH]2)CCCCC1. The molecule has 1 aliphatic rings. The fraction of sp³-hybridized carbons (Fsp3) is 0.600. The summed E-state index contributed by atoms with van der Waals surface area (Å²) in [6.07, 6.45) is 6.76. The molecule has 1 aliphatic carbocycles. The molecule has 5 nitrogen and oxygen atoms in total. The Bertz CT molecular complexity index is 448. The van der Waals surface area contributed by atoms with Gasteiger partial charge < -0.3 is 15.0 Å². The van der Waals surface area contributed by atoms with Gasteiger partial charge in [0.15, 0.2) is 0 Å². The molecule has 1 saturated carbocycles. The van der Waals surface area contributed by atoms with E-state index in [1.54, 1.807) is 18.3 Å². The Morgan fingerprint density at radius 3 is 2.70 bits per heavy atom. The molecule has 20 heavy (non-hydrogen) atoms. The molecule has 1 amide bonds. The predicted octanol–water partition coefficient (Wildman–Crippen LogP) is 2.40. The number of nitrogens with one attached hydrogen (secondary N) is 2. The first-order valence-corrected chi connectivity index (χ1v) is 7.31. The second-order valence-electron chi connectivity index (χ2n) is 5.32. The fourth-order valence-corrected chi connectivity index (χ4v) is 2.62. The van der Waals surface area contributed by atoms with E-state index in [4.69, 9.17) is 4.74 Å². The Morgan fingerprint density at radius 2 is 2.10 bits per heavy atom. The zero-order chi connectivity index (χ0) is 14.4. The number of H-pyrrole nitrogens is 1. The van der Waals surface area contributed by atoms with E-state index in [9.17, 15) is 9.59 Å². The van der Waals surface area contributed by atoms with E-state index in [-0.39, 0.29) is 11.9 Å². The lowest BCUT2D eigenvalue weighted by Gasteiger charge is -2.35. The number of aromatic amines is 1. The monoisotopic (exact) mass is 278 g/mol. The number of rotatable bonds is 5. The normalized spacial score (nSPS) is 17.4. The van der Waals surface area contributed by atoms with Crippen LogP contribution in [-0.4, -0.2) is 29.0 Å². The van der Waals surface area contributed by atoms with Gasteiger partial charge in [0.1, 0.15) is 11.2 Å². The van der Waals surface area contributed by atoms with Crippen molar-refractivity contribution >= 4 is 11.9 Å². The molecule has 0 aromatic carbocycles. The molecule has 1 aromatic heterocycles. The molecule has 0 bridgehead atoms. The summed E-state index contributed by atoms with van der Waals surface area (Å²) in [5.74, 6) is -0.538. The molecule has 0 saturated heterocycles. The first-order chi connectivity index (χ1) is 9.68. The molecule has 2 N–H and O–H groups in total. The number of carbonyl (C=O) groups is 2. The van der Waals surface area contributed by atoms with Crippen LogP contribution in [0.2, 0.25) is 0 Å². The van der Waals surface area contributed by atoms with E-state index in [2.05, 4.69) is 10.3 Å². The van der Waals surface area contributed by atoms with E-state index in [1.165, 1.54) is 0 Å². The highest BCUT2D eigenvalue weighted by molar-refractivity contribution is 5.96. The lowest BCUT2D eigenvalue weighted by atomic mass is 9.81. The van der Waals surface area contributed by atoms with Gasteiger partial charge in [-0.15, -0.1) is 0 Å². The fourth-order valence-electron chi connectivity index (χ4n) is 2.62. The summed E-state index contributed by atoms with van der Waals surface area (Å²) in [6, 6.07) is 3.46. The van der Waals surface area contributed by atoms with Crippen LogP contribution in [0.5, 0.6) is 0 Å². The highest BCUT2D eigenvalue weighted by Gasteiger charge is 2.42. The molecule has 0 unspecified atom stereocenters. The average Bonchev–Trinajstić information content (AvgIpc) is 3.00. The maximum Gasteiger partial charge on any atom is 0.331 e. The van der Waals surface area contributed by atoms with Crippen molar-refractivity contribution in [2.75, 3.05) is 6.61 Å². The standard InChI is InChI=1S/C15H22N2O3/c1-2-11-20-14(19)15(8-4-3-5-9-15)17-13(18)12-7-6-10-16-12/h6-7,10,16H,2-5,8-9,11H2,1H3,(H,17,18). The molecular formula is C15H22N2O3. The summed E-state index contributed by atoms with van der Waals surface area (Å²) in [7, 11) is 0. The molecule has 1 heterocycles. The van der Waals surface area contributed by atoms with E-state index < -0.39 is 5.54 Å². The highest BCUT2D eigenvalue weighted by Crippen LogP contribution is 2.30. The van der Waals surface area contributed by atoms with Crippen molar-refractivity contribution in [1.29, 1.82) is 0 Å². The summed E-state index contributed by atoms with van der Waals surface area (Å²) in [4.78, 5) is 27.4. The topological polar surface area (TPSA) is 71.2 Å². The van der Waals surface area contributed by atoms with Gasteiger partial charge in [-0.3, -0.25) is 4.79 Å². The third kappa shape index (κ3) is 3.21. The van der Waals surface area contributed by atoms with Crippen molar-refractivity contribution < 1.29 is 14.3 Å². The smallest absolute Gasteiger partial charge is 0.331 e. The van der Waals surface area contributed by atoms with Gasteiger partial charge in [-0.1, -0.05) is 26.2 Å². The minimum atomic E-state index is -0.852. The van der Waals surface area contributed by atoms with Gasteiger partial charge in [-0.25, -0.2) is 4.79 Å². The van der Waals surface area contributed by atoms with Gasteiger partial charge in [0.2, 0.25) is 0 Å². The zero-order valence-electron chi connectivity index (χ0n) is 11.9. The Kier molecular flexibility index (Phi) is 4.82. The van der Waals surface area contributed by atoms with Crippen LogP contribution in [0.15, 0.2) is 18.3 Å². The van der Waals surface area contributed by atoms with Crippen LogP contribution < -0.4 is 5.32 Å². The second kappa shape index (κ2) is 6.59. The summed E-state index contributed by atoms with van der Waals surface area (Å²) >= 11 is 0. The predicted molar refractivity (Wildman–Crippen MR) is 75.3 cm³/mol.